The van der Waals surface area contributed by atoms with Gasteiger partial charge in [-0.25, -0.2) is 26.4 Å². The van der Waals surface area contributed by atoms with Crippen LogP contribution in [-0.4, -0.2) is 100 Å². The van der Waals surface area contributed by atoms with Crippen molar-refractivity contribution in [2.24, 2.45) is 0 Å². The highest BCUT2D eigenvalue weighted by atomic mass is 32.2. The van der Waals surface area contributed by atoms with Crippen LogP contribution in [0.2, 0.25) is 0 Å². The van der Waals surface area contributed by atoms with Crippen molar-refractivity contribution >= 4 is 26.1 Å². The average molecular weight is 657 g/mol. The number of amides is 1. The fourth-order valence-corrected chi connectivity index (χ4v) is 7.47. The monoisotopic (exact) mass is 656 g/mol. The largest absolute Gasteiger partial charge is 0.619 e. The van der Waals surface area contributed by atoms with Crippen LogP contribution in [0.15, 0.2) is 58.6 Å². The lowest BCUT2D eigenvalue weighted by Gasteiger charge is -2.38. The molecular formula is C28H40N4O10S2. The number of carbonyl (C=O) groups is 1. The summed E-state index contributed by atoms with van der Waals surface area (Å²) in [5, 5.41) is 22.5. The fourth-order valence-electron chi connectivity index (χ4n) is 5.25. The van der Waals surface area contributed by atoms with Crippen LogP contribution in [0.3, 0.4) is 0 Å². The molecule has 2 aliphatic rings. The van der Waals surface area contributed by atoms with Crippen molar-refractivity contribution in [3.05, 3.63) is 54.0 Å². The van der Waals surface area contributed by atoms with Gasteiger partial charge in [0.15, 0.2) is 12.4 Å². The smallest absolute Gasteiger partial charge is 0.410 e. The second-order valence-corrected chi connectivity index (χ2v) is 15.8. The van der Waals surface area contributed by atoms with E-state index < -0.39 is 49.5 Å². The molecule has 0 bridgehead atoms. The van der Waals surface area contributed by atoms with Crippen molar-refractivity contribution in [3.8, 4) is 5.75 Å². The highest BCUT2D eigenvalue weighted by Gasteiger charge is 2.48. The summed E-state index contributed by atoms with van der Waals surface area (Å²) in [6, 6.07) is 8.13. The van der Waals surface area contributed by atoms with Crippen molar-refractivity contribution < 1.29 is 45.7 Å². The summed E-state index contributed by atoms with van der Waals surface area (Å²) in [6.07, 6.45) is 1.62. The number of rotatable bonds is 10. The quantitative estimate of drug-likeness (QED) is 0.279. The number of nitrogens with zero attached hydrogens (tertiary/aromatic N) is 3. The number of aromatic nitrogens is 1. The molecule has 2 aromatic rings. The molecule has 2 N–H and O–H groups in total. The van der Waals surface area contributed by atoms with Gasteiger partial charge in [-0.15, -0.1) is 0 Å². The first kappa shape index (κ1) is 33.9. The SMILES string of the molecule is CNS(=O)(=O)c1cccc(OCC(O)CN(C(=O)OC(C)(C)C)C2COC3(CCN(S(=O)(=O)c4ccc[n+]([O-])c4)CC3)C2)c1. The topological polar surface area (TPSA) is 179 Å². The molecule has 4 rings (SSSR count). The molecule has 2 aliphatic heterocycles. The number of piperidine rings is 1. The molecule has 0 saturated carbocycles. The number of carbonyl (C=O) groups excluding carboxylic acids is 1. The third kappa shape index (κ3) is 8.17. The predicted octanol–water partition coefficient (Wildman–Crippen LogP) is 1.22. The summed E-state index contributed by atoms with van der Waals surface area (Å²) in [7, 11) is -6.25. The van der Waals surface area contributed by atoms with Gasteiger partial charge in [0, 0.05) is 25.2 Å². The average Bonchev–Trinajstić information content (AvgIpc) is 3.37. The van der Waals surface area contributed by atoms with Crippen LogP contribution < -0.4 is 14.2 Å². The molecule has 1 aromatic carbocycles. The number of sulfonamides is 2. The molecule has 2 saturated heterocycles. The summed E-state index contributed by atoms with van der Waals surface area (Å²) >= 11 is 0. The number of hydrogen-bond donors (Lipinski definition) is 2. The van der Waals surface area contributed by atoms with Crippen molar-refractivity contribution in [3.63, 3.8) is 0 Å². The lowest BCUT2D eigenvalue weighted by molar-refractivity contribution is -0.607. The maximum absolute atomic E-state index is 13.3. The van der Waals surface area contributed by atoms with E-state index in [4.69, 9.17) is 14.2 Å². The lowest BCUT2D eigenvalue weighted by atomic mass is 9.88. The van der Waals surface area contributed by atoms with Gasteiger partial charge < -0.3 is 29.4 Å². The molecule has 2 unspecified atom stereocenters. The normalized spacial score (nSPS) is 19.9. The minimum atomic E-state index is -3.86. The van der Waals surface area contributed by atoms with E-state index in [1.54, 1.807) is 26.8 Å². The minimum absolute atomic E-state index is 0.00688. The zero-order valence-electron chi connectivity index (χ0n) is 25.2. The summed E-state index contributed by atoms with van der Waals surface area (Å²) in [5.74, 6) is 0.231. The third-order valence-electron chi connectivity index (χ3n) is 7.51. The zero-order valence-corrected chi connectivity index (χ0v) is 26.8. The zero-order chi connectivity index (χ0) is 32.3. The molecular weight excluding hydrogens is 616 g/mol. The first-order valence-corrected chi connectivity index (χ1v) is 17.1. The van der Waals surface area contributed by atoms with Gasteiger partial charge in [-0.3, -0.25) is 0 Å². The summed E-state index contributed by atoms with van der Waals surface area (Å²) in [6.45, 7) is 5.35. The molecule has 2 fully saturated rings. The molecule has 16 heteroatoms. The van der Waals surface area contributed by atoms with Crippen LogP contribution in [0.1, 0.15) is 40.0 Å². The standard InChI is InChI=1S/C28H40N4O10S2/c1-27(2,3)42-26(34)32(17-22(33)20-40-23-7-5-8-24(15-23)43(36,37)29-4)21-16-28(41-19-21)10-13-31(14-11-28)44(38,39)25-9-6-12-30(35)18-25/h5-9,12,15,18,21-22,29,33H,10-11,13-14,16-17,19-20H2,1-4H3. The molecule has 1 aromatic heterocycles. The Hall–Kier alpha value is -3.02. The minimum Gasteiger partial charge on any atom is -0.619 e. The van der Waals surface area contributed by atoms with Crippen molar-refractivity contribution in [2.45, 2.75) is 73.2 Å². The van der Waals surface area contributed by atoms with Gasteiger partial charge in [0.05, 0.1) is 29.7 Å². The third-order valence-corrected chi connectivity index (χ3v) is 10.8. The number of pyridine rings is 1. The van der Waals surface area contributed by atoms with Crippen LogP contribution in [0, 0.1) is 5.21 Å². The van der Waals surface area contributed by atoms with E-state index in [9.17, 15) is 31.9 Å². The Labute approximate surface area is 258 Å². The van der Waals surface area contributed by atoms with E-state index in [1.165, 1.54) is 52.8 Å². The second kappa shape index (κ2) is 13.1. The maximum atomic E-state index is 13.3. The fraction of sp³-hybridized carbons (Fsp3) is 0.571. The number of benzene rings is 1. The van der Waals surface area contributed by atoms with Gasteiger partial charge >= 0.3 is 6.09 Å². The molecule has 44 heavy (non-hydrogen) atoms. The Bertz CT molecular complexity index is 1540. The van der Waals surface area contributed by atoms with E-state index in [0.29, 0.717) is 24.0 Å². The summed E-state index contributed by atoms with van der Waals surface area (Å²) in [4.78, 5) is 14.6. The van der Waals surface area contributed by atoms with E-state index in [2.05, 4.69) is 4.72 Å². The van der Waals surface area contributed by atoms with Gasteiger partial charge in [0.25, 0.3) is 0 Å². The van der Waals surface area contributed by atoms with E-state index >= 15 is 0 Å². The van der Waals surface area contributed by atoms with Gasteiger partial charge in [-0.2, -0.15) is 9.04 Å². The summed E-state index contributed by atoms with van der Waals surface area (Å²) in [5.41, 5.74) is -1.47. The van der Waals surface area contributed by atoms with Gasteiger partial charge in [-0.1, -0.05) is 6.07 Å². The van der Waals surface area contributed by atoms with Crippen molar-refractivity contribution in [1.29, 1.82) is 0 Å². The molecule has 0 aliphatic carbocycles. The van der Waals surface area contributed by atoms with Crippen LogP contribution >= 0.6 is 0 Å². The Balaban J connectivity index is 1.41. The first-order chi connectivity index (χ1) is 20.5. The van der Waals surface area contributed by atoms with Crippen molar-refractivity contribution in [2.75, 3.05) is 39.9 Å². The number of aliphatic hydroxyl groups excluding tert-OH is 1. The predicted molar refractivity (Wildman–Crippen MR) is 158 cm³/mol. The maximum Gasteiger partial charge on any atom is 0.410 e. The number of ether oxygens (including phenoxy) is 3. The Morgan fingerprint density at radius 2 is 1.89 bits per heavy atom. The van der Waals surface area contributed by atoms with Gasteiger partial charge in [0.1, 0.15) is 29.0 Å². The van der Waals surface area contributed by atoms with Crippen LogP contribution in [0.5, 0.6) is 5.75 Å². The summed E-state index contributed by atoms with van der Waals surface area (Å²) < 4.78 is 71.9. The van der Waals surface area contributed by atoms with Crippen molar-refractivity contribution in [1.82, 2.24) is 13.9 Å². The van der Waals surface area contributed by atoms with Crippen LogP contribution in [-0.2, 0) is 29.5 Å². The highest BCUT2D eigenvalue weighted by molar-refractivity contribution is 7.89. The first-order valence-electron chi connectivity index (χ1n) is 14.2. The van der Waals surface area contributed by atoms with Crippen LogP contribution in [0.25, 0.3) is 0 Å². The Morgan fingerprint density at radius 3 is 2.52 bits per heavy atom. The second-order valence-electron chi connectivity index (χ2n) is 11.9. The molecule has 0 radical (unpaired) electrons. The van der Waals surface area contributed by atoms with Crippen LogP contribution in [0.4, 0.5) is 4.79 Å². The molecule has 1 spiro atoms. The number of aliphatic hydroxyl groups is 1. The number of nitrogens with one attached hydrogen (secondary N) is 1. The molecule has 244 valence electrons. The molecule has 1 amide bonds. The van der Waals surface area contributed by atoms with E-state index in [0.717, 1.165) is 6.20 Å². The number of hydrogen-bond acceptors (Lipinski definition) is 10. The Kier molecular flexibility index (Phi) is 10.1. The molecule has 2 atom stereocenters. The lowest BCUT2D eigenvalue weighted by Crippen LogP contribution is -2.50. The molecule has 3 heterocycles. The Morgan fingerprint density at radius 1 is 1.20 bits per heavy atom. The highest BCUT2D eigenvalue weighted by Crippen LogP contribution is 2.39. The van der Waals surface area contributed by atoms with E-state index in [1.807, 2.05) is 0 Å². The van der Waals surface area contributed by atoms with Gasteiger partial charge in [0.2, 0.25) is 20.0 Å². The molecule has 14 nitrogen and oxygen atoms in total. The van der Waals surface area contributed by atoms with Gasteiger partial charge in [-0.05, 0) is 65.3 Å². The van der Waals surface area contributed by atoms with E-state index in [-0.39, 0.29) is 48.4 Å².